The molecule has 3 nitrogen and oxygen atoms in total. The third-order valence-corrected chi connectivity index (χ3v) is 1.19. The fraction of sp³-hybridized carbons (Fsp3) is 0.0909. The molecule has 0 fully saturated rings. The van der Waals surface area contributed by atoms with E-state index in [9.17, 15) is 9.59 Å². The maximum Gasteiger partial charge on any atom is 3.00 e. The zero-order chi connectivity index (χ0) is 10.8. The largest absolute Gasteiger partial charge is 3.00 e. The van der Waals surface area contributed by atoms with E-state index >= 15 is 0 Å². The quantitative estimate of drug-likeness (QED) is 0.452. The van der Waals surface area contributed by atoms with E-state index < -0.39 is 0 Å². The van der Waals surface area contributed by atoms with Crippen LogP contribution in [0.4, 0.5) is 0 Å². The summed E-state index contributed by atoms with van der Waals surface area (Å²) in [6, 6.07) is 9.37. The van der Waals surface area contributed by atoms with Gasteiger partial charge in [0.1, 0.15) is 0 Å². The average Bonchev–Trinajstić information content (AvgIpc) is 2.30. The van der Waals surface area contributed by atoms with Crippen LogP contribution in [0.15, 0.2) is 30.3 Å². The van der Waals surface area contributed by atoms with Gasteiger partial charge in [-0.25, -0.2) is 0 Å². The molecule has 1 aromatic rings. The van der Waals surface area contributed by atoms with Gasteiger partial charge < -0.3 is 20.9 Å². The summed E-state index contributed by atoms with van der Waals surface area (Å²) in [4.78, 5) is 19.2. The van der Waals surface area contributed by atoms with Crippen LogP contribution in [0.5, 0.6) is 0 Å². The predicted molar refractivity (Wildman–Crippen MR) is 51.8 cm³/mol. The van der Waals surface area contributed by atoms with Crippen molar-refractivity contribution in [1.29, 1.82) is 0 Å². The van der Waals surface area contributed by atoms with E-state index in [1.54, 1.807) is 0 Å². The topological polar surface area (TPSA) is 37.4 Å². The van der Waals surface area contributed by atoms with Crippen LogP contribution in [0.3, 0.4) is 0 Å². The van der Waals surface area contributed by atoms with Gasteiger partial charge in [0.15, 0.2) is 0 Å². The number of carbonyl (C=O) groups excluding carboxylic acids is 2. The van der Waals surface area contributed by atoms with Gasteiger partial charge in [-0.1, -0.05) is 18.2 Å². The first-order chi connectivity index (χ1) is 6.74. The van der Waals surface area contributed by atoms with Crippen molar-refractivity contribution >= 4 is 12.8 Å². The van der Waals surface area contributed by atoms with Gasteiger partial charge in [-0.2, -0.15) is 12.8 Å². The van der Waals surface area contributed by atoms with Crippen LogP contribution in [-0.2, 0) is 42.3 Å². The molecule has 0 unspecified atom stereocenters. The molecule has 0 N–H and O–H groups in total. The Morgan fingerprint density at radius 1 is 1.20 bits per heavy atom. The van der Waals surface area contributed by atoms with Crippen LogP contribution in [0.1, 0.15) is 5.56 Å². The standard InChI is InChI=1S/C8H5.C3H3NO2.Y/c1-2-8-6-4-3-5-7-8;1-4(2-5)3-6;/h3-7H;1H3;/q-1;-2;+3. The summed E-state index contributed by atoms with van der Waals surface area (Å²) >= 11 is 0. The fourth-order valence-electron chi connectivity index (χ4n) is 0.540. The summed E-state index contributed by atoms with van der Waals surface area (Å²) in [5.41, 5.74) is 0.826. The second-order valence-electron chi connectivity index (χ2n) is 2.23. The first-order valence-electron chi connectivity index (χ1n) is 3.71. The molecule has 0 spiro atoms. The Kier molecular flexibility index (Phi) is 12.2. The summed E-state index contributed by atoms with van der Waals surface area (Å²) in [5.74, 6) is 2.28. The number of hydrogen-bond donors (Lipinski definition) is 0. The number of imide groups is 1. The molecule has 0 aliphatic carbocycles. The van der Waals surface area contributed by atoms with E-state index in [1.165, 1.54) is 19.9 Å². The fourth-order valence-corrected chi connectivity index (χ4v) is 0.540. The van der Waals surface area contributed by atoms with Crippen molar-refractivity contribution in [2.24, 2.45) is 0 Å². The molecule has 0 saturated carbocycles. The van der Waals surface area contributed by atoms with Crippen LogP contribution in [0.2, 0.25) is 0 Å². The zero-order valence-electron chi connectivity index (χ0n) is 8.23. The van der Waals surface area contributed by atoms with Crippen molar-refractivity contribution in [2.45, 2.75) is 0 Å². The molecule has 0 atom stereocenters. The van der Waals surface area contributed by atoms with Gasteiger partial charge in [0.05, 0.1) is 0 Å². The first-order valence-corrected chi connectivity index (χ1v) is 3.71. The van der Waals surface area contributed by atoms with Crippen molar-refractivity contribution in [2.75, 3.05) is 7.05 Å². The van der Waals surface area contributed by atoms with Gasteiger partial charge in [-0.05, 0) is 7.05 Å². The Labute approximate surface area is 115 Å². The minimum absolute atomic E-state index is 0. The van der Waals surface area contributed by atoms with Crippen LogP contribution < -0.4 is 0 Å². The molecule has 1 aromatic carbocycles. The van der Waals surface area contributed by atoms with E-state index in [0.717, 1.165) is 5.56 Å². The Balaban J connectivity index is 0. The number of rotatable bonds is 2. The molecule has 1 rings (SSSR count). The molecule has 2 amide bonds. The molecule has 0 radical (unpaired) electrons. The smallest absolute Gasteiger partial charge is 0.639 e. The third kappa shape index (κ3) is 9.33. The van der Waals surface area contributed by atoms with E-state index in [1.807, 2.05) is 30.3 Å². The molecule has 0 aromatic heterocycles. The second kappa shape index (κ2) is 11.1. The first kappa shape index (κ1) is 16.5. The Hall–Kier alpha value is -0.976. The minimum Gasteiger partial charge on any atom is -0.639 e. The molecule has 0 aliphatic heterocycles. The van der Waals surface area contributed by atoms with Gasteiger partial charge in [0, 0.05) is 0 Å². The van der Waals surface area contributed by atoms with Crippen LogP contribution in [0, 0.1) is 12.3 Å². The Morgan fingerprint density at radius 3 is 1.87 bits per heavy atom. The normalized spacial score (nSPS) is 6.93. The number of amides is 2. The van der Waals surface area contributed by atoms with Gasteiger partial charge >= 0.3 is 32.7 Å². The average molecular weight is 275 g/mol. The number of nitrogens with zero attached hydrogens (tertiary/aromatic N) is 1. The molecule has 4 heteroatoms. The Morgan fingerprint density at radius 2 is 1.67 bits per heavy atom. The molecule has 0 bridgehead atoms. The second-order valence-corrected chi connectivity index (χ2v) is 2.23. The van der Waals surface area contributed by atoms with Crippen LogP contribution in [0.25, 0.3) is 0 Å². The SMILES string of the molecule is CN([C-]=O)[C-]=O.[C-]#Cc1ccccc1.[Y+3]. The Bertz CT molecular complexity index is 311. The number of benzene rings is 1. The third-order valence-electron chi connectivity index (χ3n) is 1.19. The maximum absolute atomic E-state index is 9.27. The summed E-state index contributed by atoms with van der Waals surface area (Å²) in [6.45, 7) is 0. The van der Waals surface area contributed by atoms with Gasteiger partial charge in [-0.15, -0.1) is 17.7 Å². The maximum atomic E-state index is 9.27. The molecule has 0 aliphatic rings. The molecular weight excluding hydrogens is 267 g/mol. The molecular formula is C11H8NO2Y. The van der Waals surface area contributed by atoms with Crippen LogP contribution in [-0.4, -0.2) is 24.8 Å². The van der Waals surface area contributed by atoms with Crippen LogP contribution >= 0.6 is 0 Å². The van der Waals surface area contributed by atoms with E-state index in [4.69, 9.17) is 6.42 Å². The molecule has 15 heavy (non-hydrogen) atoms. The van der Waals surface area contributed by atoms with Crippen molar-refractivity contribution in [3.63, 3.8) is 0 Å². The molecule has 0 heterocycles. The van der Waals surface area contributed by atoms with Gasteiger partial charge in [-0.3, -0.25) is 5.92 Å². The van der Waals surface area contributed by atoms with Crippen molar-refractivity contribution in [3.05, 3.63) is 42.3 Å². The number of hydrogen-bond acceptors (Lipinski definition) is 2. The summed E-state index contributed by atoms with van der Waals surface area (Å²) < 4.78 is 0. The monoisotopic (exact) mass is 275 g/mol. The minimum atomic E-state index is 0. The van der Waals surface area contributed by atoms with Gasteiger partial charge in [0.2, 0.25) is 0 Å². The van der Waals surface area contributed by atoms with E-state index in [2.05, 4.69) is 5.92 Å². The summed E-state index contributed by atoms with van der Waals surface area (Å²) in [6.07, 6.45) is 9.24. The predicted octanol–water partition coefficient (Wildman–Crippen LogP) is 0.675. The van der Waals surface area contributed by atoms with Crippen molar-refractivity contribution in [3.8, 4) is 5.92 Å². The van der Waals surface area contributed by atoms with Crippen molar-refractivity contribution < 1.29 is 42.3 Å². The van der Waals surface area contributed by atoms with E-state index in [0.29, 0.717) is 4.90 Å². The molecule has 0 saturated heterocycles. The summed E-state index contributed by atoms with van der Waals surface area (Å²) in [5, 5.41) is 0. The molecule has 72 valence electrons. The summed E-state index contributed by atoms with van der Waals surface area (Å²) in [7, 11) is 1.26. The van der Waals surface area contributed by atoms with E-state index in [-0.39, 0.29) is 32.7 Å². The van der Waals surface area contributed by atoms with Gasteiger partial charge in [0.25, 0.3) is 0 Å². The van der Waals surface area contributed by atoms with Crippen molar-refractivity contribution in [1.82, 2.24) is 4.90 Å². The zero-order valence-corrected chi connectivity index (χ0v) is 11.1.